The smallest absolute Gasteiger partial charge is 0.233 e. The zero-order valence-corrected chi connectivity index (χ0v) is 19.1. The predicted molar refractivity (Wildman–Crippen MR) is 123 cm³/mol. The summed E-state index contributed by atoms with van der Waals surface area (Å²) in [4.78, 5) is 13.8. The maximum atomic E-state index is 11.1. The first-order chi connectivity index (χ1) is 14.7. The second-order valence-electron chi connectivity index (χ2n) is 10.3. The van der Waals surface area contributed by atoms with Crippen LogP contribution in [0.1, 0.15) is 47.0 Å². The average molecular weight is 423 g/mol. The summed E-state index contributed by atoms with van der Waals surface area (Å²) in [5, 5.41) is 11.4. The Kier molecular flexibility index (Phi) is 6.28. The molecule has 2 fully saturated rings. The summed E-state index contributed by atoms with van der Waals surface area (Å²) < 4.78 is 6.18. The zero-order valence-electron chi connectivity index (χ0n) is 19.1. The number of rotatable bonds is 6. The number of anilines is 1. The van der Waals surface area contributed by atoms with Gasteiger partial charge >= 0.3 is 0 Å². The summed E-state index contributed by atoms with van der Waals surface area (Å²) in [5.41, 5.74) is 2.92. The molecule has 2 heterocycles. The Bertz CT molecular complexity index is 875. The first kappa shape index (κ1) is 21.8. The Hall–Kier alpha value is -2.47. The van der Waals surface area contributed by atoms with Gasteiger partial charge in [-0.15, -0.1) is 10.2 Å². The molecule has 1 aromatic heterocycles. The molecule has 0 bridgehead atoms. The molecule has 2 aromatic rings. The molecule has 31 heavy (non-hydrogen) atoms. The van der Waals surface area contributed by atoms with Crippen LogP contribution in [0.3, 0.4) is 0 Å². The van der Waals surface area contributed by atoms with Crippen molar-refractivity contribution in [2.24, 2.45) is 17.3 Å². The number of hydrogen-bond acceptors (Lipinski definition) is 5. The van der Waals surface area contributed by atoms with Crippen molar-refractivity contribution >= 4 is 11.6 Å². The van der Waals surface area contributed by atoms with Gasteiger partial charge in [-0.2, -0.15) is 0 Å². The van der Waals surface area contributed by atoms with Gasteiger partial charge in [0.2, 0.25) is 11.8 Å². The van der Waals surface area contributed by atoms with E-state index in [0.717, 1.165) is 41.6 Å². The molecule has 166 valence electrons. The van der Waals surface area contributed by atoms with Gasteiger partial charge in [0.05, 0.1) is 5.69 Å². The van der Waals surface area contributed by atoms with Crippen LogP contribution < -0.4 is 10.1 Å². The van der Waals surface area contributed by atoms with Crippen molar-refractivity contribution in [3.8, 4) is 17.1 Å². The van der Waals surface area contributed by atoms with E-state index in [1.165, 1.54) is 33.0 Å². The fourth-order valence-electron chi connectivity index (χ4n) is 4.75. The lowest BCUT2D eigenvalue weighted by Gasteiger charge is -2.24. The Morgan fingerprint density at radius 3 is 2.29 bits per heavy atom. The Labute approximate surface area is 185 Å². The highest BCUT2D eigenvalue weighted by molar-refractivity contribution is 5.88. The number of hydrogen-bond donors (Lipinski definition) is 1. The minimum Gasteiger partial charge on any atom is -0.473 e. The van der Waals surface area contributed by atoms with Gasteiger partial charge in [0.1, 0.15) is 6.10 Å². The summed E-state index contributed by atoms with van der Waals surface area (Å²) >= 11 is 0. The van der Waals surface area contributed by atoms with Crippen molar-refractivity contribution in [3.05, 3.63) is 36.4 Å². The van der Waals surface area contributed by atoms with E-state index in [4.69, 9.17) is 4.74 Å². The first-order valence-electron chi connectivity index (χ1n) is 11.4. The fraction of sp³-hybridized carbons (Fsp3) is 0.560. The maximum Gasteiger partial charge on any atom is 0.233 e. The van der Waals surface area contributed by atoms with Gasteiger partial charge in [0, 0.05) is 37.3 Å². The van der Waals surface area contributed by atoms with E-state index in [1.807, 2.05) is 36.4 Å². The summed E-state index contributed by atoms with van der Waals surface area (Å²) in [5.74, 6) is 2.02. The number of aromatic nitrogens is 2. The van der Waals surface area contributed by atoms with Crippen LogP contribution in [0.4, 0.5) is 5.69 Å². The second-order valence-corrected chi connectivity index (χ2v) is 10.3. The maximum absolute atomic E-state index is 11.1. The minimum absolute atomic E-state index is 0.0808. The number of likely N-dealkylation sites (tertiary alicyclic amines) is 1. The minimum atomic E-state index is -0.0808. The number of fused-ring (bicyclic) bond motifs is 1. The Balaban J connectivity index is 1.27. The van der Waals surface area contributed by atoms with Crippen LogP contribution in [0.25, 0.3) is 11.3 Å². The number of carbonyl (C=O) groups is 1. The number of amides is 1. The molecule has 1 unspecified atom stereocenters. The molecule has 1 aliphatic carbocycles. The molecule has 4 rings (SSSR count). The topological polar surface area (TPSA) is 67.3 Å². The van der Waals surface area contributed by atoms with Crippen LogP contribution in [-0.4, -0.2) is 46.7 Å². The molecule has 1 saturated heterocycles. The third-order valence-electron chi connectivity index (χ3n) is 6.39. The van der Waals surface area contributed by atoms with Gasteiger partial charge in [-0.25, -0.2) is 0 Å². The Morgan fingerprint density at radius 2 is 1.74 bits per heavy atom. The molecule has 6 heteroatoms. The molecule has 1 N–H and O–H groups in total. The molecule has 3 atom stereocenters. The lowest BCUT2D eigenvalue weighted by molar-refractivity contribution is -0.114. The van der Waals surface area contributed by atoms with Crippen molar-refractivity contribution in [2.75, 3.05) is 25.0 Å². The third kappa shape index (κ3) is 5.82. The van der Waals surface area contributed by atoms with Crippen molar-refractivity contribution in [1.82, 2.24) is 15.1 Å². The van der Waals surface area contributed by atoms with Gasteiger partial charge in [-0.05, 0) is 61.3 Å². The lowest BCUT2D eigenvalue weighted by Crippen LogP contribution is -2.28. The Morgan fingerprint density at radius 1 is 1.06 bits per heavy atom. The number of ether oxygens (including phenoxy) is 1. The third-order valence-corrected chi connectivity index (χ3v) is 6.39. The average Bonchev–Trinajstić information content (AvgIpc) is 3.25. The lowest BCUT2D eigenvalue weighted by atomic mass is 9.92. The summed E-state index contributed by atoms with van der Waals surface area (Å²) in [7, 11) is 0. The van der Waals surface area contributed by atoms with Crippen LogP contribution in [-0.2, 0) is 4.79 Å². The van der Waals surface area contributed by atoms with E-state index in [0.29, 0.717) is 11.3 Å². The quantitative estimate of drug-likeness (QED) is 0.735. The van der Waals surface area contributed by atoms with Crippen LogP contribution in [0.15, 0.2) is 36.4 Å². The van der Waals surface area contributed by atoms with E-state index < -0.39 is 0 Å². The van der Waals surface area contributed by atoms with Gasteiger partial charge in [0.15, 0.2) is 0 Å². The van der Waals surface area contributed by atoms with Crippen molar-refractivity contribution in [1.29, 1.82) is 0 Å². The molecule has 1 aliphatic heterocycles. The predicted octanol–water partition coefficient (Wildman–Crippen LogP) is 4.63. The first-order valence-corrected chi connectivity index (χ1v) is 11.4. The number of benzene rings is 1. The van der Waals surface area contributed by atoms with E-state index >= 15 is 0 Å². The van der Waals surface area contributed by atoms with Gasteiger partial charge in [-0.1, -0.05) is 32.9 Å². The number of carbonyl (C=O) groups excluding carboxylic acids is 1. The van der Waals surface area contributed by atoms with E-state index in [1.54, 1.807) is 0 Å². The molecular formula is C25H34N4O2. The number of nitrogens with zero attached hydrogens (tertiary/aromatic N) is 3. The molecule has 1 saturated carbocycles. The summed E-state index contributed by atoms with van der Waals surface area (Å²) in [6.45, 7) is 12.1. The zero-order chi connectivity index (χ0) is 22.0. The molecule has 0 spiro atoms. The van der Waals surface area contributed by atoms with Gasteiger partial charge in [-0.3, -0.25) is 4.79 Å². The summed E-state index contributed by atoms with van der Waals surface area (Å²) in [6.07, 6.45) is 3.73. The highest BCUT2D eigenvalue weighted by Crippen LogP contribution is 2.40. The molecule has 1 amide bonds. The molecule has 2 aliphatic rings. The normalized spacial score (nSPS) is 23.5. The fourth-order valence-corrected chi connectivity index (χ4v) is 4.75. The second kappa shape index (κ2) is 8.95. The molecule has 0 radical (unpaired) electrons. The van der Waals surface area contributed by atoms with Crippen molar-refractivity contribution < 1.29 is 9.53 Å². The standard InChI is InChI=1S/C25H34N4O2/c1-17(30)26-21-7-5-18(6-8-21)23-9-10-24(28-27-23)31-22-13-19-15-29(16-20(19)14-22)12-11-25(2,3)4/h5-10,19-20,22H,11-16H2,1-4H3,(H,26,30)/t19-,20?,22+/m1/s1. The van der Waals surface area contributed by atoms with E-state index in [2.05, 4.69) is 41.2 Å². The number of nitrogens with one attached hydrogen (secondary N) is 1. The molecule has 6 nitrogen and oxygen atoms in total. The van der Waals surface area contributed by atoms with Crippen LogP contribution in [0.5, 0.6) is 5.88 Å². The molecular weight excluding hydrogens is 388 g/mol. The highest BCUT2D eigenvalue weighted by atomic mass is 16.5. The summed E-state index contributed by atoms with van der Waals surface area (Å²) in [6, 6.07) is 11.4. The van der Waals surface area contributed by atoms with E-state index in [-0.39, 0.29) is 12.0 Å². The largest absolute Gasteiger partial charge is 0.473 e. The van der Waals surface area contributed by atoms with Gasteiger partial charge < -0.3 is 15.0 Å². The van der Waals surface area contributed by atoms with Crippen molar-refractivity contribution in [3.63, 3.8) is 0 Å². The highest BCUT2D eigenvalue weighted by Gasteiger charge is 2.41. The van der Waals surface area contributed by atoms with Crippen LogP contribution in [0, 0.1) is 17.3 Å². The van der Waals surface area contributed by atoms with Crippen LogP contribution in [0.2, 0.25) is 0 Å². The molecule has 1 aromatic carbocycles. The van der Waals surface area contributed by atoms with Crippen LogP contribution >= 0.6 is 0 Å². The van der Waals surface area contributed by atoms with Crippen molar-refractivity contribution in [2.45, 2.75) is 53.1 Å². The SMILES string of the molecule is CC(=O)Nc1ccc(-c2ccc(O[C@@H]3CC4CN(CCC(C)(C)C)C[C@H]4C3)nn2)cc1. The van der Waals surface area contributed by atoms with Gasteiger partial charge in [0.25, 0.3) is 0 Å². The van der Waals surface area contributed by atoms with E-state index in [9.17, 15) is 4.79 Å². The monoisotopic (exact) mass is 422 g/mol.